The van der Waals surface area contributed by atoms with Gasteiger partial charge in [0.1, 0.15) is 16.3 Å². The molecule has 0 aliphatic carbocycles. The molecule has 3 heterocycles. The van der Waals surface area contributed by atoms with Gasteiger partial charge >= 0.3 is 0 Å². The first-order valence-corrected chi connectivity index (χ1v) is 8.04. The van der Waals surface area contributed by atoms with Gasteiger partial charge in [-0.2, -0.15) is 0 Å². The van der Waals surface area contributed by atoms with Crippen LogP contribution in [0.2, 0.25) is 0 Å². The summed E-state index contributed by atoms with van der Waals surface area (Å²) in [5, 5.41) is 3.78. The molecule has 114 valence electrons. The van der Waals surface area contributed by atoms with Crippen LogP contribution >= 0.6 is 11.3 Å². The van der Waals surface area contributed by atoms with Crippen LogP contribution in [-0.4, -0.2) is 26.5 Å². The molecule has 3 aromatic heterocycles. The quantitative estimate of drug-likeness (QED) is 0.773. The van der Waals surface area contributed by atoms with Crippen LogP contribution in [-0.2, 0) is 6.42 Å². The lowest BCUT2D eigenvalue weighted by Gasteiger charge is -2.03. The second-order valence-electron chi connectivity index (χ2n) is 4.90. The molecule has 0 bridgehead atoms. The number of hydrogen-bond acceptors (Lipinski definition) is 6. The van der Waals surface area contributed by atoms with Crippen LogP contribution in [0.3, 0.4) is 0 Å². The summed E-state index contributed by atoms with van der Waals surface area (Å²) in [5.74, 6) is 1.16. The number of fused-ring (bicyclic) bond motifs is 1. The number of H-pyrrole nitrogens is 1. The highest BCUT2D eigenvalue weighted by Crippen LogP contribution is 2.28. The zero-order valence-corrected chi connectivity index (χ0v) is 13.5. The van der Waals surface area contributed by atoms with Crippen molar-refractivity contribution in [1.82, 2.24) is 19.9 Å². The highest BCUT2D eigenvalue weighted by molar-refractivity contribution is 7.18. The van der Waals surface area contributed by atoms with E-state index in [9.17, 15) is 4.79 Å². The van der Waals surface area contributed by atoms with Crippen molar-refractivity contribution in [2.75, 3.05) is 11.9 Å². The van der Waals surface area contributed by atoms with E-state index in [1.54, 1.807) is 23.7 Å². The summed E-state index contributed by atoms with van der Waals surface area (Å²) in [6.45, 7) is 6.85. The molecular weight excluding hydrogens is 298 g/mol. The summed E-state index contributed by atoms with van der Waals surface area (Å²) >= 11 is 1.55. The molecule has 0 aromatic carbocycles. The minimum Gasteiger partial charge on any atom is -0.369 e. The van der Waals surface area contributed by atoms with Gasteiger partial charge in [0.15, 0.2) is 5.82 Å². The largest absolute Gasteiger partial charge is 0.369 e. The predicted octanol–water partition coefficient (Wildman–Crippen LogP) is 2.74. The van der Waals surface area contributed by atoms with Crippen molar-refractivity contribution in [1.29, 1.82) is 0 Å². The minimum atomic E-state index is -0.112. The van der Waals surface area contributed by atoms with Gasteiger partial charge in [0.05, 0.1) is 17.8 Å². The summed E-state index contributed by atoms with van der Waals surface area (Å²) in [4.78, 5) is 30.2. The van der Waals surface area contributed by atoms with E-state index in [2.05, 4.69) is 25.3 Å². The van der Waals surface area contributed by atoms with E-state index in [1.807, 2.05) is 20.8 Å². The molecule has 0 aliphatic rings. The zero-order chi connectivity index (χ0) is 15.7. The molecule has 0 aliphatic heterocycles. The Bertz CT molecular complexity index is 866. The molecule has 3 rings (SSSR count). The Morgan fingerprint density at radius 3 is 2.73 bits per heavy atom. The zero-order valence-electron chi connectivity index (χ0n) is 12.7. The van der Waals surface area contributed by atoms with Gasteiger partial charge in [-0.3, -0.25) is 4.79 Å². The molecule has 0 radical (unpaired) electrons. The number of anilines is 1. The first-order chi connectivity index (χ1) is 10.6. The van der Waals surface area contributed by atoms with Gasteiger partial charge in [-0.15, -0.1) is 11.3 Å². The molecule has 0 unspecified atom stereocenters. The number of thiophene rings is 1. The Balaban J connectivity index is 2.10. The maximum atomic E-state index is 12.4. The van der Waals surface area contributed by atoms with E-state index in [1.165, 1.54) is 0 Å². The molecule has 0 amide bonds. The number of rotatable bonds is 4. The van der Waals surface area contributed by atoms with Crippen molar-refractivity contribution in [3.05, 3.63) is 33.2 Å². The smallest absolute Gasteiger partial charge is 0.260 e. The van der Waals surface area contributed by atoms with Crippen LogP contribution in [0.1, 0.15) is 24.3 Å². The summed E-state index contributed by atoms with van der Waals surface area (Å²) in [5.41, 5.74) is 1.53. The normalized spacial score (nSPS) is 11.0. The lowest BCUT2D eigenvalue weighted by Crippen LogP contribution is -2.10. The van der Waals surface area contributed by atoms with Crippen molar-refractivity contribution >= 4 is 27.4 Å². The molecule has 6 nitrogen and oxygen atoms in total. The molecule has 0 saturated heterocycles. The summed E-state index contributed by atoms with van der Waals surface area (Å²) in [6.07, 6.45) is 4.08. The van der Waals surface area contributed by atoms with Crippen molar-refractivity contribution in [3.63, 3.8) is 0 Å². The number of aryl methyl sites for hydroxylation is 2. The second-order valence-corrected chi connectivity index (χ2v) is 6.11. The molecular formula is C15H17N5OS. The van der Waals surface area contributed by atoms with Crippen molar-refractivity contribution in [3.8, 4) is 11.5 Å². The van der Waals surface area contributed by atoms with E-state index in [-0.39, 0.29) is 5.56 Å². The second kappa shape index (κ2) is 5.84. The van der Waals surface area contributed by atoms with Gasteiger partial charge in [0, 0.05) is 11.4 Å². The molecule has 0 fully saturated rings. The Morgan fingerprint density at radius 1 is 1.27 bits per heavy atom. The van der Waals surface area contributed by atoms with Crippen molar-refractivity contribution in [2.24, 2.45) is 0 Å². The number of aromatic nitrogens is 4. The van der Waals surface area contributed by atoms with E-state index in [4.69, 9.17) is 0 Å². The van der Waals surface area contributed by atoms with Crippen molar-refractivity contribution < 1.29 is 0 Å². The average Bonchev–Trinajstić information content (AvgIpc) is 2.84. The Labute approximate surface area is 131 Å². The van der Waals surface area contributed by atoms with Crippen LogP contribution in [0.5, 0.6) is 0 Å². The summed E-state index contributed by atoms with van der Waals surface area (Å²) < 4.78 is 0. The van der Waals surface area contributed by atoms with E-state index < -0.39 is 0 Å². The van der Waals surface area contributed by atoms with Gasteiger partial charge in [-0.25, -0.2) is 15.0 Å². The van der Waals surface area contributed by atoms with Crippen LogP contribution in [0, 0.1) is 6.92 Å². The number of nitrogens with zero attached hydrogens (tertiary/aromatic N) is 3. The monoisotopic (exact) mass is 315 g/mol. The van der Waals surface area contributed by atoms with E-state index in [0.717, 1.165) is 28.2 Å². The molecule has 3 aromatic rings. The lowest BCUT2D eigenvalue weighted by molar-refractivity contribution is 1.09. The third kappa shape index (κ3) is 2.48. The molecule has 0 spiro atoms. The first kappa shape index (κ1) is 14.6. The molecule has 7 heteroatoms. The fraction of sp³-hybridized carbons (Fsp3) is 0.333. The van der Waals surface area contributed by atoms with E-state index in [0.29, 0.717) is 22.7 Å². The van der Waals surface area contributed by atoms with Crippen LogP contribution in [0.25, 0.3) is 21.7 Å². The van der Waals surface area contributed by atoms with E-state index >= 15 is 0 Å². The lowest BCUT2D eigenvalue weighted by atomic mass is 10.1. The highest BCUT2D eigenvalue weighted by atomic mass is 32.1. The van der Waals surface area contributed by atoms with Crippen LogP contribution in [0.4, 0.5) is 5.82 Å². The van der Waals surface area contributed by atoms with Gasteiger partial charge in [-0.05, 0) is 25.8 Å². The molecule has 22 heavy (non-hydrogen) atoms. The Hall–Kier alpha value is -2.28. The van der Waals surface area contributed by atoms with Crippen LogP contribution < -0.4 is 10.9 Å². The fourth-order valence-electron chi connectivity index (χ4n) is 2.44. The fourth-order valence-corrected chi connectivity index (χ4v) is 3.56. The standard InChI is InChI=1S/C15H17N5OS/c1-4-9-8(3)22-15-12(9)14(21)19-13(20-15)10-6-18-11(7-17-10)16-5-2/h6-7H,4-5H2,1-3H3,(H,16,18)(H,19,20,21). The third-order valence-electron chi connectivity index (χ3n) is 3.47. The third-order valence-corrected chi connectivity index (χ3v) is 4.51. The topological polar surface area (TPSA) is 83.6 Å². The number of aromatic amines is 1. The Morgan fingerprint density at radius 2 is 2.09 bits per heavy atom. The maximum absolute atomic E-state index is 12.4. The van der Waals surface area contributed by atoms with Gasteiger partial charge < -0.3 is 10.3 Å². The first-order valence-electron chi connectivity index (χ1n) is 7.22. The SMILES string of the molecule is CCNc1cnc(-c2nc3sc(C)c(CC)c3c(=O)[nH]2)cn1. The van der Waals surface area contributed by atoms with Crippen LogP contribution in [0.15, 0.2) is 17.2 Å². The van der Waals surface area contributed by atoms with Gasteiger partial charge in [-0.1, -0.05) is 6.92 Å². The number of nitrogens with one attached hydrogen (secondary N) is 2. The minimum absolute atomic E-state index is 0.112. The van der Waals surface area contributed by atoms with Crippen molar-refractivity contribution in [2.45, 2.75) is 27.2 Å². The number of hydrogen-bond donors (Lipinski definition) is 2. The maximum Gasteiger partial charge on any atom is 0.260 e. The highest BCUT2D eigenvalue weighted by Gasteiger charge is 2.14. The van der Waals surface area contributed by atoms with Gasteiger partial charge in [0.2, 0.25) is 0 Å². The molecule has 0 atom stereocenters. The van der Waals surface area contributed by atoms with Gasteiger partial charge in [0.25, 0.3) is 5.56 Å². The summed E-state index contributed by atoms with van der Waals surface area (Å²) in [6, 6.07) is 0. The Kier molecular flexibility index (Phi) is 3.89. The molecule has 2 N–H and O–H groups in total. The summed E-state index contributed by atoms with van der Waals surface area (Å²) in [7, 11) is 0. The average molecular weight is 315 g/mol. The predicted molar refractivity (Wildman–Crippen MR) is 89.5 cm³/mol. The molecule has 0 saturated carbocycles.